The lowest BCUT2D eigenvalue weighted by Gasteiger charge is -2.31. The fourth-order valence-electron chi connectivity index (χ4n) is 4.22. The number of para-hydroxylation sites is 2. The monoisotopic (exact) mass is 383 g/mol. The summed E-state index contributed by atoms with van der Waals surface area (Å²) in [5.41, 5.74) is 1.60. The molecule has 1 aromatic rings. The molecule has 2 aliphatic heterocycles. The van der Waals surface area contributed by atoms with Gasteiger partial charge >= 0.3 is 0 Å². The number of amides is 3. The number of allylic oxidation sites excluding steroid dienone is 2. The summed E-state index contributed by atoms with van der Waals surface area (Å²) in [6.45, 7) is 4.41. The largest absolute Gasteiger partial charge is 0.378 e. The number of rotatable bonds is 4. The summed E-state index contributed by atoms with van der Waals surface area (Å²) in [6.07, 6.45) is 5.03. The number of nitrogens with one attached hydrogen (secondary N) is 1. The fourth-order valence-corrected chi connectivity index (χ4v) is 4.22. The third kappa shape index (κ3) is 3.30. The number of hydrogen-bond acceptors (Lipinski definition) is 5. The SMILES string of the molecule is C[C@@H](C(=O)Nc1ccccc1N1CCOCC1)N1C(=O)C2CC=CCC2C1=O. The van der Waals surface area contributed by atoms with Gasteiger partial charge in [-0.3, -0.25) is 19.3 Å². The second-order valence-electron chi connectivity index (χ2n) is 7.48. The number of anilines is 2. The van der Waals surface area contributed by atoms with Gasteiger partial charge in [0.15, 0.2) is 0 Å². The van der Waals surface area contributed by atoms with Crippen molar-refractivity contribution in [3.05, 3.63) is 36.4 Å². The van der Waals surface area contributed by atoms with E-state index in [1.165, 1.54) is 0 Å². The van der Waals surface area contributed by atoms with Crippen molar-refractivity contribution < 1.29 is 19.1 Å². The predicted molar refractivity (Wildman–Crippen MR) is 105 cm³/mol. The number of imide groups is 1. The molecule has 0 spiro atoms. The Hall–Kier alpha value is -2.67. The maximum absolute atomic E-state index is 12.9. The van der Waals surface area contributed by atoms with Crippen LogP contribution in [0.15, 0.2) is 36.4 Å². The Morgan fingerprint density at radius 3 is 2.32 bits per heavy atom. The average molecular weight is 383 g/mol. The van der Waals surface area contributed by atoms with Crippen LogP contribution in [0.3, 0.4) is 0 Å². The van der Waals surface area contributed by atoms with Gasteiger partial charge in [-0.05, 0) is 31.9 Å². The van der Waals surface area contributed by atoms with Crippen molar-refractivity contribution in [1.29, 1.82) is 0 Å². The average Bonchev–Trinajstić information content (AvgIpc) is 2.99. The number of likely N-dealkylation sites (tertiary alicyclic amines) is 1. The minimum atomic E-state index is -0.844. The summed E-state index contributed by atoms with van der Waals surface area (Å²) in [6, 6.07) is 6.74. The van der Waals surface area contributed by atoms with Crippen LogP contribution in [-0.4, -0.2) is 55.0 Å². The summed E-state index contributed by atoms with van der Waals surface area (Å²) >= 11 is 0. The summed E-state index contributed by atoms with van der Waals surface area (Å²) in [5, 5.41) is 2.92. The molecule has 1 aromatic carbocycles. The number of hydrogen-bond donors (Lipinski definition) is 1. The van der Waals surface area contributed by atoms with Crippen LogP contribution in [0, 0.1) is 11.8 Å². The van der Waals surface area contributed by atoms with Gasteiger partial charge in [0.05, 0.1) is 36.4 Å². The van der Waals surface area contributed by atoms with E-state index in [-0.39, 0.29) is 29.6 Å². The van der Waals surface area contributed by atoms with Gasteiger partial charge in [-0.1, -0.05) is 24.3 Å². The molecule has 28 heavy (non-hydrogen) atoms. The third-order valence-corrected chi connectivity index (χ3v) is 5.82. The zero-order chi connectivity index (χ0) is 19.7. The molecular formula is C21H25N3O4. The number of fused-ring (bicyclic) bond motifs is 1. The van der Waals surface area contributed by atoms with Crippen molar-refractivity contribution in [3.63, 3.8) is 0 Å². The van der Waals surface area contributed by atoms with Gasteiger partial charge < -0.3 is 15.0 Å². The lowest BCUT2D eigenvalue weighted by molar-refractivity contribution is -0.146. The van der Waals surface area contributed by atoms with Crippen LogP contribution in [-0.2, 0) is 19.1 Å². The molecule has 0 saturated carbocycles. The Labute approximate surface area is 164 Å². The van der Waals surface area contributed by atoms with Crippen molar-refractivity contribution in [2.45, 2.75) is 25.8 Å². The quantitative estimate of drug-likeness (QED) is 0.634. The van der Waals surface area contributed by atoms with Crippen LogP contribution < -0.4 is 10.2 Å². The smallest absolute Gasteiger partial charge is 0.247 e. The topological polar surface area (TPSA) is 79.0 Å². The zero-order valence-corrected chi connectivity index (χ0v) is 16.0. The number of morpholine rings is 1. The second-order valence-corrected chi connectivity index (χ2v) is 7.48. The minimum absolute atomic E-state index is 0.233. The number of carbonyl (C=O) groups excluding carboxylic acids is 3. The molecule has 0 radical (unpaired) electrons. The Bertz CT molecular complexity index is 790. The molecule has 7 nitrogen and oxygen atoms in total. The summed E-state index contributed by atoms with van der Waals surface area (Å²) in [5.74, 6) is -1.47. The highest BCUT2D eigenvalue weighted by molar-refractivity contribution is 6.10. The van der Waals surface area contributed by atoms with E-state index in [1.807, 2.05) is 36.4 Å². The first-order valence-electron chi connectivity index (χ1n) is 9.82. The molecule has 148 valence electrons. The van der Waals surface area contributed by atoms with E-state index in [4.69, 9.17) is 4.74 Å². The summed E-state index contributed by atoms with van der Waals surface area (Å²) < 4.78 is 5.40. The van der Waals surface area contributed by atoms with Gasteiger partial charge in [-0.2, -0.15) is 0 Å². The molecule has 7 heteroatoms. The van der Waals surface area contributed by atoms with E-state index in [2.05, 4.69) is 10.2 Å². The van der Waals surface area contributed by atoms with E-state index < -0.39 is 6.04 Å². The van der Waals surface area contributed by atoms with Gasteiger partial charge in [0.2, 0.25) is 17.7 Å². The van der Waals surface area contributed by atoms with Gasteiger partial charge in [-0.15, -0.1) is 0 Å². The first kappa shape index (κ1) is 18.7. The van der Waals surface area contributed by atoms with E-state index in [1.54, 1.807) is 6.92 Å². The molecule has 4 rings (SSSR count). The van der Waals surface area contributed by atoms with E-state index in [0.29, 0.717) is 31.7 Å². The van der Waals surface area contributed by atoms with Gasteiger partial charge in [0, 0.05) is 13.1 Å². The normalized spacial score (nSPS) is 25.6. The Morgan fingerprint density at radius 2 is 1.68 bits per heavy atom. The Kier molecular flexibility index (Phi) is 5.17. The van der Waals surface area contributed by atoms with Crippen LogP contribution in [0.2, 0.25) is 0 Å². The minimum Gasteiger partial charge on any atom is -0.378 e. The van der Waals surface area contributed by atoms with Crippen LogP contribution in [0.1, 0.15) is 19.8 Å². The number of ether oxygens (including phenoxy) is 1. The molecular weight excluding hydrogens is 358 g/mol. The van der Waals surface area contributed by atoms with Crippen molar-refractivity contribution in [3.8, 4) is 0 Å². The molecule has 1 N–H and O–H groups in total. The van der Waals surface area contributed by atoms with Gasteiger partial charge in [-0.25, -0.2) is 0 Å². The van der Waals surface area contributed by atoms with Crippen molar-refractivity contribution >= 4 is 29.1 Å². The first-order valence-corrected chi connectivity index (χ1v) is 9.82. The van der Waals surface area contributed by atoms with Crippen LogP contribution in [0.4, 0.5) is 11.4 Å². The van der Waals surface area contributed by atoms with Crippen molar-refractivity contribution in [1.82, 2.24) is 4.90 Å². The predicted octanol–water partition coefficient (Wildman–Crippen LogP) is 1.80. The van der Waals surface area contributed by atoms with Crippen LogP contribution >= 0.6 is 0 Å². The molecule has 3 atom stereocenters. The maximum atomic E-state index is 12.9. The zero-order valence-electron chi connectivity index (χ0n) is 16.0. The lowest BCUT2D eigenvalue weighted by Crippen LogP contribution is -2.46. The molecule has 2 fully saturated rings. The molecule has 3 aliphatic rings. The third-order valence-electron chi connectivity index (χ3n) is 5.82. The molecule has 1 aliphatic carbocycles. The number of benzene rings is 1. The highest BCUT2D eigenvalue weighted by Gasteiger charge is 2.50. The Balaban J connectivity index is 1.50. The van der Waals surface area contributed by atoms with Crippen LogP contribution in [0.5, 0.6) is 0 Å². The maximum Gasteiger partial charge on any atom is 0.247 e. The second kappa shape index (κ2) is 7.75. The highest BCUT2D eigenvalue weighted by Crippen LogP contribution is 2.36. The Morgan fingerprint density at radius 1 is 1.07 bits per heavy atom. The van der Waals surface area contributed by atoms with Crippen molar-refractivity contribution in [2.75, 3.05) is 36.5 Å². The molecule has 3 amide bonds. The van der Waals surface area contributed by atoms with Crippen molar-refractivity contribution in [2.24, 2.45) is 11.8 Å². The summed E-state index contributed by atoms with van der Waals surface area (Å²) in [4.78, 5) is 41.7. The van der Waals surface area contributed by atoms with Gasteiger partial charge in [0.1, 0.15) is 6.04 Å². The van der Waals surface area contributed by atoms with Crippen LogP contribution in [0.25, 0.3) is 0 Å². The lowest BCUT2D eigenvalue weighted by atomic mass is 9.85. The summed E-state index contributed by atoms with van der Waals surface area (Å²) in [7, 11) is 0. The molecule has 2 unspecified atom stereocenters. The van der Waals surface area contributed by atoms with E-state index in [0.717, 1.165) is 23.7 Å². The van der Waals surface area contributed by atoms with E-state index in [9.17, 15) is 14.4 Å². The number of carbonyl (C=O) groups is 3. The van der Waals surface area contributed by atoms with E-state index >= 15 is 0 Å². The molecule has 0 aromatic heterocycles. The molecule has 0 bridgehead atoms. The molecule has 2 heterocycles. The fraction of sp³-hybridized carbons (Fsp3) is 0.476. The van der Waals surface area contributed by atoms with Gasteiger partial charge in [0.25, 0.3) is 0 Å². The first-order chi connectivity index (χ1) is 13.6. The standard InChI is InChI=1S/C21H25N3O4/c1-14(24-20(26)15-6-2-3-7-16(15)21(24)27)19(25)22-17-8-4-5-9-18(17)23-10-12-28-13-11-23/h2-5,8-9,14-16H,6-7,10-13H2,1H3,(H,22,25)/t14-,15?,16?/m0/s1. The molecule has 2 saturated heterocycles. The number of nitrogens with zero attached hydrogens (tertiary/aromatic N) is 2. The highest BCUT2D eigenvalue weighted by atomic mass is 16.5.